The molecule has 0 amide bonds. The molecule has 3 aromatic carbocycles. The molecule has 0 aliphatic rings. The number of benzene rings is 3. The predicted molar refractivity (Wildman–Crippen MR) is 113 cm³/mol. The van der Waals surface area contributed by atoms with Gasteiger partial charge in [0.25, 0.3) is 0 Å². The Morgan fingerprint density at radius 3 is 2.07 bits per heavy atom. The smallest absolute Gasteiger partial charge is 0.226 e. The van der Waals surface area contributed by atoms with E-state index in [1.807, 2.05) is 72.8 Å². The van der Waals surface area contributed by atoms with Gasteiger partial charge in [0.2, 0.25) is 5.89 Å². The van der Waals surface area contributed by atoms with Crippen molar-refractivity contribution in [3.8, 4) is 46.1 Å². The molecule has 0 aliphatic carbocycles. The van der Waals surface area contributed by atoms with Gasteiger partial charge >= 0.3 is 0 Å². The minimum absolute atomic E-state index is 0.553. The first-order valence-corrected chi connectivity index (χ1v) is 9.12. The predicted octanol–water partition coefficient (Wildman–Crippen LogP) is 5.43. The van der Waals surface area contributed by atoms with Crippen LogP contribution >= 0.6 is 0 Å². The normalized spacial score (nSPS) is 10.1. The van der Waals surface area contributed by atoms with Crippen LogP contribution in [0.15, 0.2) is 83.4 Å². The molecule has 0 saturated carbocycles. The van der Waals surface area contributed by atoms with E-state index in [9.17, 15) is 0 Å². The fraction of sp³-hybridized carbons (Fsp3) is 0.0800. The summed E-state index contributed by atoms with van der Waals surface area (Å²) >= 11 is 0. The van der Waals surface area contributed by atoms with E-state index in [2.05, 4.69) is 16.8 Å². The Balaban J connectivity index is 1.55. The zero-order valence-corrected chi connectivity index (χ0v) is 16.2. The molecule has 0 aliphatic heterocycles. The van der Waals surface area contributed by atoms with Crippen molar-refractivity contribution >= 4 is 0 Å². The number of rotatable bonds is 4. The maximum atomic E-state index is 5.95. The molecule has 0 fully saturated rings. The van der Waals surface area contributed by atoms with Crippen molar-refractivity contribution in [1.29, 1.82) is 0 Å². The molecule has 4 heteroatoms. The minimum atomic E-state index is 0.553. The first-order chi connectivity index (χ1) is 14.3. The number of aromatic nitrogens is 1. The Morgan fingerprint density at radius 2 is 1.38 bits per heavy atom. The van der Waals surface area contributed by atoms with Gasteiger partial charge in [0.15, 0.2) is 17.3 Å². The first-order valence-electron chi connectivity index (χ1n) is 9.12. The molecule has 4 nitrogen and oxygen atoms in total. The zero-order valence-electron chi connectivity index (χ0n) is 16.2. The van der Waals surface area contributed by atoms with Crippen molar-refractivity contribution in [1.82, 2.24) is 4.98 Å². The molecule has 0 atom stereocenters. The molecule has 0 bridgehead atoms. The van der Waals surface area contributed by atoms with E-state index in [0.29, 0.717) is 23.1 Å². The van der Waals surface area contributed by atoms with Gasteiger partial charge in [-0.1, -0.05) is 30.0 Å². The standard InChI is InChI=1S/C25H19NO3/c1-27-22-15-14-21(16-23(22)28-2)24-17-26-25(29-24)20-12-10-19(11-13-20)9-8-18-6-4-3-5-7-18/h3-7,10-17H,1-2H3. The van der Waals surface area contributed by atoms with Gasteiger partial charge in [0.05, 0.1) is 20.4 Å². The van der Waals surface area contributed by atoms with E-state index in [1.165, 1.54) is 0 Å². The third-order valence-corrected chi connectivity index (χ3v) is 4.43. The van der Waals surface area contributed by atoms with Crippen LogP contribution in [0, 0.1) is 11.8 Å². The van der Waals surface area contributed by atoms with Crippen LogP contribution in [0.25, 0.3) is 22.8 Å². The lowest BCUT2D eigenvalue weighted by Gasteiger charge is -2.08. The van der Waals surface area contributed by atoms with Gasteiger partial charge < -0.3 is 13.9 Å². The highest BCUT2D eigenvalue weighted by molar-refractivity contribution is 5.65. The van der Waals surface area contributed by atoms with E-state index in [1.54, 1.807) is 20.4 Å². The highest BCUT2D eigenvalue weighted by Gasteiger charge is 2.11. The number of hydrogen-bond acceptors (Lipinski definition) is 4. The van der Waals surface area contributed by atoms with Gasteiger partial charge in [-0.05, 0) is 54.6 Å². The molecule has 1 aromatic heterocycles. The van der Waals surface area contributed by atoms with Crippen LogP contribution in [0.2, 0.25) is 0 Å². The summed E-state index contributed by atoms with van der Waals surface area (Å²) in [5.74, 6) is 8.85. The van der Waals surface area contributed by atoms with Gasteiger partial charge in [-0.25, -0.2) is 4.98 Å². The summed E-state index contributed by atoms with van der Waals surface area (Å²) in [5, 5.41) is 0. The van der Waals surface area contributed by atoms with Crippen LogP contribution in [0.3, 0.4) is 0 Å². The molecule has 142 valence electrons. The highest BCUT2D eigenvalue weighted by Crippen LogP contribution is 2.33. The van der Waals surface area contributed by atoms with Crippen LogP contribution in [-0.4, -0.2) is 19.2 Å². The maximum absolute atomic E-state index is 5.95. The molecule has 0 unspecified atom stereocenters. The van der Waals surface area contributed by atoms with Crippen LogP contribution in [-0.2, 0) is 0 Å². The van der Waals surface area contributed by atoms with Crippen LogP contribution in [0.4, 0.5) is 0 Å². The number of oxazole rings is 1. The van der Waals surface area contributed by atoms with E-state index in [0.717, 1.165) is 22.3 Å². The lowest BCUT2D eigenvalue weighted by atomic mass is 10.1. The Labute approximate surface area is 169 Å². The Kier molecular flexibility index (Phi) is 5.31. The van der Waals surface area contributed by atoms with Gasteiger partial charge in [0.1, 0.15) is 0 Å². The molecule has 0 N–H and O–H groups in total. The molecular weight excluding hydrogens is 362 g/mol. The second-order valence-corrected chi connectivity index (χ2v) is 6.29. The highest BCUT2D eigenvalue weighted by atomic mass is 16.5. The van der Waals surface area contributed by atoms with Crippen molar-refractivity contribution in [2.75, 3.05) is 14.2 Å². The number of ether oxygens (including phenoxy) is 2. The zero-order chi connectivity index (χ0) is 20.1. The quantitative estimate of drug-likeness (QED) is 0.443. The average Bonchev–Trinajstić information content (AvgIpc) is 3.28. The first kappa shape index (κ1) is 18.4. The maximum Gasteiger partial charge on any atom is 0.226 e. The number of methoxy groups -OCH3 is 2. The summed E-state index contributed by atoms with van der Waals surface area (Å²) in [4.78, 5) is 4.41. The van der Waals surface area contributed by atoms with Gasteiger partial charge in [0, 0.05) is 22.3 Å². The summed E-state index contributed by atoms with van der Waals surface area (Å²) in [6.45, 7) is 0. The third-order valence-electron chi connectivity index (χ3n) is 4.43. The summed E-state index contributed by atoms with van der Waals surface area (Å²) in [6.07, 6.45) is 1.71. The van der Waals surface area contributed by atoms with Gasteiger partial charge in [-0.3, -0.25) is 0 Å². The van der Waals surface area contributed by atoms with Gasteiger partial charge in [-0.2, -0.15) is 0 Å². The fourth-order valence-corrected chi connectivity index (χ4v) is 2.89. The van der Waals surface area contributed by atoms with Crippen LogP contribution < -0.4 is 9.47 Å². The lowest BCUT2D eigenvalue weighted by Crippen LogP contribution is -1.90. The summed E-state index contributed by atoms with van der Waals surface area (Å²) in [5.41, 5.74) is 3.68. The summed E-state index contributed by atoms with van der Waals surface area (Å²) in [7, 11) is 3.22. The Hall–Kier alpha value is -3.97. The van der Waals surface area contributed by atoms with Crippen LogP contribution in [0.5, 0.6) is 11.5 Å². The van der Waals surface area contributed by atoms with Gasteiger partial charge in [-0.15, -0.1) is 0 Å². The molecule has 4 rings (SSSR count). The van der Waals surface area contributed by atoms with E-state index in [4.69, 9.17) is 13.9 Å². The average molecular weight is 381 g/mol. The minimum Gasteiger partial charge on any atom is -0.493 e. The topological polar surface area (TPSA) is 44.5 Å². The largest absolute Gasteiger partial charge is 0.493 e. The van der Waals surface area contributed by atoms with Crippen molar-refractivity contribution in [3.05, 3.63) is 90.1 Å². The number of hydrogen-bond donors (Lipinski definition) is 0. The molecular formula is C25H19NO3. The van der Waals surface area contributed by atoms with Crippen molar-refractivity contribution in [3.63, 3.8) is 0 Å². The fourth-order valence-electron chi connectivity index (χ4n) is 2.89. The molecule has 29 heavy (non-hydrogen) atoms. The number of nitrogens with zero attached hydrogens (tertiary/aromatic N) is 1. The van der Waals surface area contributed by atoms with Crippen molar-refractivity contribution in [2.45, 2.75) is 0 Å². The third kappa shape index (κ3) is 4.15. The van der Waals surface area contributed by atoms with E-state index in [-0.39, 0.29) is 0 Å². The SMILES string of the molecule is COc1ccc(-c2cnc(-c3ccc(C#Cc4ccccc4)cc3)o2)cc1OC. The van der Waals surface area contributed by atoms with Crippen LogP contribution in [0.1, 0.15) is 11.1 Å². The molecule has 0 spiro atoms. The molecule has 0 radical (unpaired) electrons. The summed E-state index contributed by atoms with van der Waals surface area (Å²) in [6, 6.07) is 23.4. The molecule has 0 saturated heterocycles. The molecule has 4 aromatic rings. The summed E-state index contributed by atoms with van der Waals surface area (Å²) < 4.78 is 16.6. The second-order valence-electron chi connectivity index (χ2n) is 6.29. The van der Waals surface area contributed by atoms with E-state index < -0.39 is 0 Å². The monoisotopic (exact) mass is 381 g/mol. The van der Waals surface area contributed by atoms with E-state index >= 15 is 0 Å². The second kappa shape index (κ2) is 8.37. The lowest BCUT2D eigenvalue weighted by molar-refractivity contribution is 0.355. The molecule has 1 heterocycles. The Bertz CT molecular complexity index is 1170. The van der Waals surface area contributed by atoms with Crippen molar-refractivity contribution < 1.29 is 13.9 Å². The van der Waals surface area contributed by atoms with Crippen molar-refractivity contribution in [2.24, 2.45) is 0 Å². The Morgan fingerprint density at radius 1 is 0.724 bits per heavy atom.